The van der Waals surface area contributed by atoms with Gasteiger partial charge in [-0.1, -0.05) is 0 Å². The monoisotopic (exact) mass is 357 g/mol. The molecule has 1 heterocycles. The molecule has 5 nitrogen and oxygen atoms in total. The molecule has 0 bridgehead atoms. The Morgan fingerprint density at radius 1 is 0.920 bits per heavy atom. The zero-order valence-corrected chi connectivity index (χ0v) is 15.3. The van der Waals surface area contributed by atoms with Crippen LogP contribution in [0.1, 0.15) is 5.56 Å². The number of phenolic OH excluding ortho intramolecular Hbond substituents is 1. The number of benzene rings is 2. The molecule has 0 unspecified atom stereocenters. The van der Waals surface area contributed by atoms with E-state index in [1.165, 1.54) is 7.11 Å². The largest absolute Gasteiger partial charge is 0.504 e. The normalized spacial score (nSPS) is 10.6. The van der Waals surface area contributed by atoms with Crippen molar-refractivity contribution in [2.75, 3.05) is 21.3 Å². The van der Waals surface area contributed by atoms with E-state index in [9.17, 15) is 5.11 Å². The van der Waals surface area contributed by atoms with Crippen LogP contribution in [-0.2, 0) is 0 Å². The van der Waals surface area contributed by atoms with Crippen molar-refractivity contribution in [2.45, 2.75) is 6.92 Å². The number of hydrogen-bond donors (Lipinski definition) is 1. The van der Waals surface area contributed by atoms with Crippen molar-refractivity contribution < 1.29 is 19.3 Å². The van der Waals surface area contributed by atoms with Crippen LogP contribution in [0.25, 0.3) is 21.0 Å². The van der Waals surface area contributed by atoms with E-state index < -0.39 is 0 Å². The van der Waals surface area contributed by atoms with E-state index in [-0.39, 0.29) is 5.75 Å². The molecular formula is C19H19NO4S. The molecule has 1 aromatic heterocycles. The summed E-state index contributed by atoms with van der Waals surface area (Å²) in [6.07, 6.45) is 1.83. The third-order valence-corrected chi connectivity index (χ3v) is 5.01. The van der Waals surface area contributed by atoms with Crippen molar-refractivity contribution in [3.8, 4) is 44.0 Å². The van der Waals surface area contributed by atoms with Crippen molar-refractivity contribution in [1.82, 2.24) is 4.98 Å². The summed E-state index contributed by atoms with van der Waals surface area (Å²) in [6.45, 7) is 1.95. The maximum Gasteiger partial charge on any atom is 0.161 e. The summed E-state index contributed by atoms with van der Waals surface area (Å²) in [6, 6.07) is 9.25. The van der Waals surface area contributed by atoms with E-state index in [0.717, 1.165) is 26.6 Å². The zero-order chi connectivity index (χ0) is 18.0. The fourth-order valence-corrected chi connectivity index (χ4v) is 3.60. The Kier molecular flexibility index (Phi) is 4.81. The lowest BCUT2D eigenvalue weighted by Gasteiger charge is -2.09. The van der Waals surface area contributed by atoms with Crippen LogP contribution in [0, 0.1) is 6.92 Å². The van der Waals surface area contributed by atoms with Crippen molar-refractivity contribution in [3.63, 3.8) is 0 Å². The van der Waals surface area contributed by atoms with Gasteiger partial charge >= 0.3 is 0 Å². The van der Waals surface area contributed by atoms with E-state index in [4.69, 9.17) is 14.2 Å². The van der Waals surface area contributed by atoms with Crippen LogP contribution in [0.2, 0.25) is 0 Å². The molecule has 2 aromatic carbocycles. The Morgan fingerprint density at radius 3 is 2.32 bits per heavy atom. The van der Waals surface area contributed by atoms with E-state index in [2.05, 4.69) is 4.98 Å². The minimum Gasteiger partial charge on any atom is -0.504 e. The molecule has 3 rings (SSSR count). The van der Waals surface area contributed by atoms with Crippen LogP contribution in [0.15, 0.2) is 36.5 Å². The van der Waals surface area contributed by atoms with Crippen LogP contribution in [0.3, 0.4) is 0 Å². The van der Waals surface area contributed by atoms with Gasteiger partial charge in [0.05, 0.1) is 26.2 Å². The van der Waals surface area contributed by atoms with Crippen molar-refractivity contribution in [3.05, 3.63) is 42.1 Å². The molecule has 0 saturated heterocycles. The van der Waals surface area contributed by atoms with E-state index >= 15 is 0 Å². The molecule has 0 amide bonds. The van der Waals surface area contributed by atoms with Gasteiger partial charge in [0.2, 0.25) is 0 Å². The Labute approximate surface area is 150 Å². The van der Waals surface area contributed by atoms with Crippen LogP contribution >= 0.6 is 11.3 Å². The number of aromatic hydroxyl groups is 1. The average Bonchev–Trinajstić information content (AvgIpc) is 3.11. The average molecular weight is 357 g/mol. The highest BCUT2D eigenvalue weighted by Crippen LogP contribution is 2.40. The zero-order valence-electron chi connectivity index (χ0n) is 14.5. The Balaban J connectivity index is 2.01. The number of hydrogen-bond acceptors (Lipinski definition) is 6. The molecule has 1 N–H and O–H groups in total. The minimum absolute atomic E-state index is 0.133. The predicted octanol–water partition coefficient (Wildman–Crippen LogP) is 4.52. The molecule has 25 heavy (non-hydrogen) atoms. The van der Waals surface area contributed by atoms with E-state index in [0.29, 0.717) is 17.2 Å². The van der Waals surface area contributed by atoms with E-state index in [1.807, 2.05) is 37.4 Å². The molecule has 6 heteroatoms. The Hall–Kier alpha value is -2.73. The lowest BCUT2D eigenvalue weighted by atomic mass is 10.1. The Morgan fingerprint density at radius 2 is 1.64 bits per heavy atom. The molecule has 0 aliphatic rings. The summed E-state index contributed by atoms with van der Waals surface area (Å²) in [4.78, 5) is 5.53. The highest BCUT2D eigenvalue weighted by Gasteiger charge is 2.14. The van der Waals surface area contributed by atoms with Crippen LogP contribution < -0.4 is 14.2 Å². The quantitative estimate of drug-likeness (QED) is 0.728. The maximum absolute atomic E-state index is 9.89. The van der Waals surface area contributed by atoms with Gasteiger partial charge in [-0.3, -0.25) is 0 Å². The molecule has 0 aliphatic heterocycles. The molecule has 0 saturated carbocycles. The summed E-state index contributed by atoms with van der Waals surface area (Å²) in [5.41, 5.74) is 2.90. The van der Waals surface area contributed by atoms with Gasteiger partial charge in [-0.05, 0) is 42.8 Å². The van der Waals surface area contributed by atoms with Crippen molar-refractivity contribution in [1.29, 1.82) is 0 Å². The highest BCUT2D eigenvalue weighted by atomic mass is 32.1. The number of nitrogens with zero attached hydrogens (tertiary/aromatic N) is 1. The molecule has 130 valence electrons. The fourth-order valence-electron chi connectivity index (χ4n) is 2.60. The summed E-state index contributed by atoms with van der Waals surface area (Å²) in [7, 11) is 4.76. The molecule has 0 atom stereocenters. The number of methoxy groups -OCH3 is 3. The van der Waals surface area contributed by atoms with Crippen molar-refractivity contribution >= 4 is 11.3 Å². The summed E-state index contributed by atoms with van der Waals surface area (Å²) < 4.78 is 15.8. The number of aromatic nitrogens is 1. The first-order valence-electron chi connectivity index (χ1n) is 7.63. The second-order valence-corrected chi connectivity index (χ2v) is 6.47. The highest BCUT2D eigenvalue weighted by molar-refractivity contribution is 7.18. The number of rotatable bonds is 5. The van der Waals surface area contributed by atoms with Gasteiger partial charge in [-0.15, -0.1) is 11.3 Å². The second kappa shape index (κ2) is 7.03. The summed E-state index contributed by atoms with van der Waals surface area (Å²) >= 11 is 1.57. The van der Waals surface area contributed by atoms with Gasteiger partial charge in [0, 0.05) is 17.3 Å². The first kappa shape index (κ1) is 17.1. The topological polar surface area (TPSA) is 60.8 Å². The number of ether oxygens (including phenoxy) is 3. The maximum atomic E-state index is 9.89. The second-order valence-electron chi connectivity index (χ2n) is 5.44. The molecular weight excluding hydrogens is 338 g/mol. The van der Waals surface area contributed by atoms with Crippen LogP contribution in [-0.4, -0.2) is 31.4 Å². The standard InChI is InChI=1S/C19H19NO4S/c1-11-7-14(21)16(23-3)9-13(11)18-10-20-19(25-18)12-5-6-15(22-2)17(8-12)24-4/h5-10,21H,1-4H3. The number of aryl methyl sites for hydroxylation is 1. The molecule has 0 fully saturated rings. The lowest BCUT2D eigenvalue weighted by Crippen LogP contribution is -1.90. The minimum atomic E-state index is 0.133. The Bertz CT molecular complexity index is 904. The van der Waals surface area contributed by atoms with Gasteiger partial charge in [0.1, 0.15) is 5.01 Å². The summed E-state index contributed by atoms with van der Waals surface area (Å²) in [5.74, 6) is 1.93. The number of phenols is 1. The van der Waals surface area contributed by atoms with Gasteiger partial charge in [-0.25, -0.2) is 4.98 Å². The molecule has 0 aliphatic carbocycles. The third-order valence-electron chi connectivity index (χ3n) is 3.93. The van der Waals surface area contributed by atoms with Crippen LogP contribution in [0.4, 0.5) is 0 Å². The molecule has 0 spiro atoms. The molecule has 0 radical (unpaired) electrons. The third kappa shape index (κ3) is 3.25. The van der Waals surface area contributed by atoms with Gasteiger partial charge in [0.15, 0.2) is 23.0 Å². The van der Waals surface area contributed by atoms with Crippen molar-refractivity contribution in [2.24, 2.45) is 0 Å². The van der Waals surface area contributed by atoms with E-state index in [1.54, 1.807) is 31.6 Å². The van der Waals surface area contributed by atoms with Gasteiger partial charge < -0.3 is 19.3 Å². The first-order chi connectivity index (χ1) is 12.1. The smallest absolute Gasteiger partial charge is 0.161 e. The lowest BCUT2D eigenvalue weighted by molar-refractivity contribution is 0.355. The fraction of sp³-hybridized carbons (Fsp3) is 0.211. The molecule has 3 aromatic rings. The first-order valence-corrected chi connectivity index (χ1v) is 8.45. The van der Waals surface area contributed by atoms with Gasteiger partial charge in [-0.2, -0.15) is 0 Å². The number of thiazole rings is 1. The van der Waals surface area contributed by atoms with Crippen LogP contribution in [0.5, 0.6) is 23.0 Å². The summed E-state index contributed by atoms with van der Waals surface area (Å²) in [5, 5.41) is 10.8. The SMILES string of the molecule is COc1cc(-c2cnc(-c3ccc(OC)c(OC)c3)s2)c(C)cc1O. The van der Waals surface area contributed by atoms with Gasteiger partial charge in [0.25, 0.3) is 0 Å². The predicted molar refractivity (Wildman–Crippen MR) is 99.0 cm³/mol.